The van der Waals surface area contributed by atoms with Crippen molar-refractivity contribution in [2.75, 3.05) is 27.9 Å². The van der Waals surface area contributed by atoms with Crippen molar-refractivity contribution in [3.63, 3.8) is 0 Å². The molecule has 0 spiro atoms. The van der Waals surface area contributed by atoms with Gasteiger partial charge in [-0.1, -0.05) is 12.1 Å². The molecule has 0 N–H and O–H groups in total. The van der Waals surface area contributed by atoms with Gasteiger partial charge in [0.15, 0.2) is 6.61 Å². The highest BCUT2D eigenvalue weighted by Crippen LogP contribution is 2.24. The monoisotopic (exact) mass is 393 g/mol. The Balaban J connectivity index is 2.14. The molecule has 0 bridgehead atoms. The van der Waals surface area contributed by atoms with Gasteiger partial charge in [0, 0.05) is 13.6 Å². The number of aryl methyl sites for hydroxylation is 1. The molecule has 0 heterocycles. The number of hydrogen-bond donors (Lipinski definition) is 0. The maximum absolute atomic E-state index is 12.8. The van der Waals surface area contributed by atoms with Gasteiger partial charge in [0.05, 0.1) is 19.1 Å². The minimum atomic E-state index is -3.67. The number of nitrogens with zero attached hydrogens (tertiary/aromatic N) is 1. The third-order valence-electron chi connectivity index (χ3n) is 3.99. The Hall–Kier alpha value is -2.58. The highest BCUT2D eigenvalue weighted by Gasteiger charge is 2.22. The molecule has 0 unspecified atom stereocenters. The molecule has 0 radical (unpaired) electrons. The van der Waals surface area contributed by atoms with Crippen molar-refractivity contribution in [2.24, 2.45) is 0 Å². The molecular formula is C19H23NO6S. The van der Waals surface area contributed by atoms with Gasteiger partial charge in [-0.25, -0.2) is 13.2 Å². The van der Waals surface area contributed by atoms with Crippen LogP contribution in [0.25, 0.3) is 0 Å². The zero-order valence-corrected chi connectivity index (χ0v) is 16.6. The molecule has 2 rings (SSSR count). The van der Waals surface area contributed by atoms with Crippen LogP contribution >= 0.6 is 0 Å². The summed E-state index contributed by atoms with van der Waals surface area (Å²) >= 11 is 0. The molecule has 146 valence electrons. The molecule has 0 aliphatic rings. The minimum absolute atomic E-state index is 0.154. The predicted octanol–water partition coefficient (Wildman–Crippen LogP) is 2.38. The number of ether oxygens (including phenoxy) is 3. The van der Waals surface area contributed by atoms with Crippen molar-refractivity contribution in [1.82, 2.24) is 4.31 Å². The summed E-state index contributed by atoms with van der Waals surface area (Å²) in [6.07, 6.45) is 0. The summed E-state index contributed by atoms with van der Waals surface area (Å²) in [6, 6.07) is 11.7. The third kappa shape index (κ3) is 5.21. The summed E-state index contributed by atoms with van der Waals surface area (Å²) in [6.45, 7) is 1.71. The number of carbonyl (C=O) groups is 1. The number of hydrogen-bond acceptors (Lipinski definition) is 6. The molecule has 0 aliphatic carbocycles. The summed E-state index contributed by atoms with van der Waals surface area (Å²) in [5, 5.41) is 0. The Bertz CT molecular complexity index is 893. The average Bonchev–Trinajstić information content (AvgIpc) is 2.67. The smallest absolute Gasteiger partial charge is 0.343 e. The summed E-state index contributed by atoms with van der Waals surface area (Å²) in [5.74, 6) is 0.630. The van der Waals surface area contributed by atoms with Crippen LogP contribution in [-0.2, 0) is 26.1 Å². The van der Waals surface area contributed by atoms with Crippen LogP contribution in [0.15, 0.2) is 47.4 Å². The Kier molecular flexibility index (Phi) is 6.81. The van der Waals surface area contributed by atoms with E-state index in [9.17, 15) is 13.2 Å². The van der Waals surface area contributed by atoms with Crippen molar-refractivity contribution in [3.8, 4) is 11.5 Å². The van der Waals surface area contributed by atoms with E-state index in [1.165, 1.54) is 36.7 Å². The quantitative estimate of drug-likeness (QED) is 0.641. The summed E-state index contributed by atoms with van der Waals surface area (Å²) < 4.78 is 41.9. The molecule has 27 heavy (non-hydrogen) atoms. The zero-order chi connectivity index (χ0) is 20.0. The van der Waals surface area contributed by atoms with Crippen LogP contribution in [0.1, 0.15) is 11.1 Å². The Morgan fingerprint density at radius 1 is 1.07 bits per heavy atom. The fourth-order valence-corrected chi connectivity index (χ4v) is 3.64. The van der Waals surface area contributed by atoms with Crippen LogP contribution in [-0.4, -0.2) is 46.6 Å². The molecular weight excluding hydrogens is 370 g/mol. The Morgan fingerprint density at radius 2 is 1.74 bits per heavy atom. The first-order chi connectivity index (χ1) is 12.8. The van der Waals surface area contributed by atoms with Crippen LogP contribution in [0.5, 0.6) is 11.5 Å². The molecule has 0 amide bonds. The third-order valence-corrected chi connectivity index (χ3v) is 5.79. The lowest BCUT2D eigenvalue weighted by Crippen LogP contribution is -2.26. The number of esters is 1. The van der Waals surface area contributed by atoms with E-state index < -0.39 is 16.0 Å². The first kappa shape index (κ1) is 20.7. The molecule has 0 saturated heterocycles. The Labute approximate surface area is 159 Å². The molecule has 0 aliphatic heterocycles. The van der Waals surface area contributed by atoms with Crippen molar-refractivity contribution in [3.05, 3.63) is 53.6 Å². The lowest BCUT2D eigenvalue weighted by Gasteiger charge is -2.18. The summed E-state index contributed by atoms with van der Waals surface area (Å²) in [4.78, 5) is 11.3. The standard InChI is InChI=1S/C19H23NO6S/c1-14-11-17(9-10-18(14)26-13-19(21)25-4)27(22,23)20(2)12-15-5-7-16(24-3)8-6-15/h5-11H,12-13H2,1-4H3. The van der Waals surface area contributed by atoms with Gasteiger partial charge in [0.1, 0.15) is 11.5 Å². The molecule has 0 fully saturated rings. The first-order valence-corrected chi connectivity index (χ1v) is 9.61. The number of benzene rings is 2. The second-order valence-electron chi connectivity index (χ2n) is 5.90. The predicted molar refractivity (Wildman–Crippen MR) is 100 cm³/mol. The largest absolute Gasteiger partial charge is 0.497 e. The maximum atomic E-state index is 12.8. The van der Waals surface area contributed by atoms with Gasteiger partial charge in [-0.05, 0) is 48.4 Å². The van der Waals surface area contributed by atoms with Gasteiger partial charge in [-0.15, -0.1) is 0 Å². The van der Waals surface area contributed by atoms with E-state index in [2.05, 4.69) is 4.74 Å². The van der Waals surface area contributed by atoms with Crippen molar-refractivity contribution in [2.45, 2.75) is 18.4 Å². The van der Waals surface area contributed by atoms with E-state index in [1.54, 1.807) is 26.2 Å². The zero-order valence-electron chi connectivity index (χ0n) is 15.8. The van der Waals surface area contributed by atoms with E-state index in [1.807, 2.05) is 12.1 Å². The fourth-order valence-electron chi connectivity index (χ4n) is 2.39. The minimum Gasteiger partial charge on any atom is -0.497 e. The van der Waals surface area contributed by atoms with Crippen LogP contribution < -0.4 is 9.47 Å². The normalized spacial score (nSPS) is 11.3. The van der Waals surface area contributed by atoms with Crippen LogP contribution in [0.4, 0.5) is 0 Å². The van der Waals surface area contributed by atoms with Gasteiger partial charge < -0.3 is 14.2 Å². The second kappa shape index (κ2) is 8.88. The molecule has 2 aromatic carbocycles. The topological polar surface area (TPSA) is 82.1 Å². The highest BCUT2D eigenvalue weighted by molar-refractivity contribution is 7.89. The van der Waals surface area contributed by atoms with Crippen molar-refractivity contribution in [1.29, 1.82) is 0 Å². The van der Waals surface area contributed by atoms with Gasteiger partial charge in [-0.3, -0.25) is 0 Å². The fraction of sp³-hybridized carbons (Fsp3) is 0.316. The summed E-state index contributed by atoms with van der Waals surface area (Å²) in [7, 11) is 0.698. The molecule has 2 aromatic rings. The number of methoxy groups -OCH3 is 2. The lowest BCUT2D eigenvalue weighted by molar-refractivity contribution is -0.142. The lowest BCUT2D eigenvalue weighted by atomic mass is 10.2. The Morgan fingerprint density at radius 3 is 2.30 bits per heavy atom. The maximum Gasteiger partial charge on any atom is 0.343 e. The number of rotatable bonds is 8. The molecule has 0 saturated carbocycles. The SMILES string of the molecule is COC(=O)COc1ccc(S(=O)(=O)N(C)Cc2ccc(OC)cc2)cc1C. The molecule has 0 atom stereocenters. The van der Waals surface area contributed by atoms with Gasteiger partial charge in [0.2, 0.25) is 10.0 Å². The number of carbonyl (C=O) groups excluding carboxylic acids is 1. The van der Waals surface area contributed by atoms with Gasteiger partial charge in [-0.2, -0.15) is 4.31 Å². The first-order valence-electron chi connectivity index (χ1n) is 8.17. The molecule has 0 aromatic heterocycles. The average molecular weight is 393 g/mol. The number of sulfonamides is 1. The van der Waals surface area contributed by atoms with Crippen molar-refractivity contribution < 1.29 is 27.4 Å². The van der Waals surface area contributed by atoms with Gasteiger partial charge >= 0.3 is 5.97 Å². The molecule has 7 nitrogen and oxygen atoms in total. The summed E-state index contributed by atoms with van der Waals surface area (Å²) in [5.41, 5.74) is 1.45. The van der Waals surface area contributed by atoms with Crippen LogP contribution in [0, 0.1) is 6.92 Å². The van der Waals surface area contributed by atoms with E-state index in [0.29, 0.717) is 17.1 Å². The highest BCUT2D eigenvalue weighted by atomic mass is 32.2. The van der Waals surface area contributed by atoms with E-state index in [4.69, 9.17) is 9.47 Å². The van der Waals surface area contributed by atoms with E-state index in [0.717, 1.165) is 5.56 Å². The van der Waals surface area contributed by atoms with Crippen molar-refractivity contribution >= 4 is 16.0 Å². The van der Waals surface area contributed by atoms with Crippen LogP contribution in [0.2, 0.25) is 0 Å². The van der Waals surface area contributed by atoms with Gasteiger partial charge in [0.25, 0.3) is 0 Å². The van der Waals surface area contributed by atoms with Crippen LogP contribution in [0.3, 0.4) is 0 Å². The molecule has 8 heteroatoms. The van der Waals surface area contributed by atoms with E-state index >= 15 is 0 Å². The second-order valence-corrected chi connectivity index (χ2v) is 7.95. The van der Waals surface area contributed by atoms with E-state index in [-0.39, 0.29) is 18.0 Å².